The van der Waals surface area contributed by atoms with Crippen molar-refractivity contribution in [3.05, 3.63) is 29.8 Å². The van der Waals surface area contributed by atoms with Crippen LogP contribution in [0.2, 0.25) is 0 Å². The zero-order chi connectivity index (χ0) is 15.4. The summed E-state index contributed by atoms with van der Waals surface area (Å²) in [5.74, 6) is 2.60. The molecule has 3 atom stereocenters. The minimum atomic E-state index is -0.399. The first-order valence-electron chi connectivity index (χ1n) is 8.35. The first kappa shape index (κ1) is 15.8. The van der Waals surface area contributed by atoms with Gasteiger partial charge in [0, 0.05) is 19.6 Å². The standard InChI is InChI=1S/C18H27NO3/c1-21-18-7-2-4-14(8-18)12-22-13-17(20)11-19-9-15-5-3-6-16(15)10-19/h2,4,7-8,15-17,20H,3,5-6,9-13H2,1H3. The van der Waals surface area contributed by atoms with Crippen molar-refractivity contribution < 1.29 is 14.6 Å². The number of methoxy groups -OCH3 is 1. The maximum absolute atomic E-state index is 10.2. The van der Waals surface area contributed by atoms with Crippen molar-refractivity contribution in [3.63, 3.8) is 0 Å². The molecule has 1 heterocycles. The normalized spacial score (nSPS) is 26.1. The molecule has 0 bridgehead atoms. The summed E-state index contributed by atoms with van der Waals surface area (Å²) in [7, 11) is 1.66. The average molecular weight is 305 g/mol. The number of nitrogens with zero attached hydrogens (tertiary/aromatic N) is 1. The van der Waals surface area contributed by atoms with Gasteiger partial charge in [-0.3, -0.25) is 0 Å². The van der Waals surface area contributed by atoms with E-state index in [0.717, 1.165) is 42.8 Å². The lowest BCUT2D eigenvalue weighted by Gasteiger charge is -2.20. The van der Waals surface area contributed by atoms with E-state index in [1.54, 1.807) is 7.11 Å². The number of likely N-dealkylation sites (tertiary alicyclic amines) is 1. The van der Waals surface area contributed by atoms with Crippen LogP contribution in [0.3, 0.4) is 0 Å². The second kappa shape index (κ2) is 7.44. The third kappa shape index (κ3) is 4.00. The Morgan fingerprint density at radius 3 is 2.77 bits per heavy atom. The molecule has 1 saturated heterocycles. The van der Waals surface area contributed by atoms with Crippen LogP contribution in [0.25, 0.3) is 0 Å². The molecule has 122 valence electrons. The molecule has 4 nitrogen and oxygen atoms in total. The van der Waals surface area contributed by atoms with E-state index in [1.165, 1.54) is 19.3 Å². The SMILES string of the molecule is COc1cccc(COCC(O)CN2CC3CCCC3C2)c1. The van der Waals surface area contributed by atoms with E-state index in [4.69, 9.17) is 9.47 Å². The lowest BCUT2D eigenvalue weighted by Crippen LogP contribution is -2.34. The van der Waals surface area contributed by atoms with E-state index in [-0.39, 0.29) is 0 Å². The molecular weight excluding hydrogens is 278 g/mol. The van der Waals surface area contributed by atoms with Gasteiger partial charge >= 0.3 is 0 Å². The molecule has 1 aromatic rings. The van der Waals surface area contributed by atoms with Gasteiger partial charge in [0.15, 0.2) is 0 Å². The van der Waals surface area contributed by atoms with Crippen LogP contribution < -0.4 is 4.74 Å². The summed E-state index contributed by atoms with van der Waals surface area (Å²) in [6, 6.07) is 7.85. The van der Waals surface area contributed by atoms with Crippen molar-refractivity contribution in [2.24, 2.45) is 11.8 Å². The Morgan fingerprint density at radius 2 is 2.05 bits per heavy atom. The van der Waals surface area contributed by atoms with E-state index in [0.29, 0.717) is 13.2 Å². The minimum absolute atomic E-state index is 0.392. The number of hydrogen-bond acceptors (Lipinski definition) is 4. The molecule has 1 aromatic carbocycles. The van der Waals surface area contributed by atoms with E-state index in [1.807, 2.05) is 24.3 Å². The first-order chi connectivity index (χ1) is 10.7. The van der Waals surface area contributed by atoms with Crippen LogP contribution in [0.4, 0.5) is 0 Å². The summed E-state index contributed by atoms with van der Waals surface area (Å²) in [5.41, 5.74) is 1.07. The van der Waals surface area contributed by atoms with Gasteiger partial charge in [0.1, 0.15) is 5.75 Å². The molecule has 22 heavy (non-hydrogen) atoms. The van der Waals surface area contributed by atoms with Crippen molar-refractivity contribution >= 4 is 0 Å². The van der Waals surface area contributed by atoms with Gasteiger partial charge in [0.2, 0.25) is 0 Å². The smallest absolute Gasteiger partial charge is 0.119 e. The topological polar surface area (TPSA) is 41.9 Å². The van der Waals surface area contributed by atoms with Crippen molar-refractivity contribution in [2.45, 2.75) is 32.0 Å². The van der Waals surface area contributed by atoms with E-state index >= 15 is 0 Å². The van der Waals surface area contributed by atoms with Crippen LogP contribution in [-0.2, 0) is 11.3 Å². The quantitative estimate of drug-likeness (QED) is 0.839. The molecule has 1 N–H and O–H groups in total. The van der Waals surface area contributed by atoms with Gasteiger partial charge in [0.25, 0.3) is 0 Å². The molecule has 0 radical (unpaired) electrons. The number of β-amino-alcohol motifs (C(OH)–C–C–N with tert-alkyl or cyclic N) is 1. The fourth-order valence-electron chi connectivity index (χ4n) is 3.91. The Morgan fingerprint density at radius 1 is 1.27 bits per heavy atom. The lowest BCUT2D eigenvalue weighted by atomic mass is 10.0. The molecule has 1 aliphatic carbocycles. The summed E-state index contributed by atoms with van der Waals surface area (Å²) >= 11 is 0. The molecule has 3 rings (SSSR count). The van der Waals surface area contributed by atoms with Gasteiger partial charge < -0.3 is 19.5 Å². The van der Waals surface area contributed by atoms with E-state index in [2.05, 4.69) is 4.90 Å². The highest BCUT2D eigenvalue weighted by molar-refractivity contribution is 5.27. The molecule has 1 saturated carbocycles. The maximum Gasteiger partial charge on any atom is 0.119 e. The summed E-state index contributed by atoms with van der Waals surface area (Å²) in [6.45, 7) is 3.98. The third-order valence-electron chi connectivity index (χ3n) is 4.98. The second-order valence-corrected chi connectivity index (χ2v) is 6.69. The van der Waals surface area contributed by atoms with E-state index < -0.39 is 6.10 Å². The van der Waals surface area contributed by atoms with E-state index in [9.17, 15) is 5.11 Å². The van der Waals surface area contributed by atoms with Crippen molar-refractivity contribution in [1.29, 1.82) is 0 Å². The van der Waals surface area contributed by atoms with Gasteiger partial charge in [-0.05, 0) is 42.4 Å². The summed E-state index contributed by atoms with van der Waals surface area (Å²) < 4.78 is 10.8. The van der Waals surface area contributed by atoms with Crippen molar-refractivity contribution in [3.8, 4) is 5.75 Å². The molecule has 2 aliphatic rings. The highest BCUT2D eigenvalue weighted by Gasteiger charge is 2.36. The van der Waals surface area contributed by atoms with Crippen LogP contribution in [0.15, 0.2) is 24.3 Å². The predicted molar refractivity (Wildman–Crippen MR) is 85.9 cm³/mol. The molecule has 1 aliphatic heterocycles. The molecule has 0 spiro atoms. The number of hydrogen-bond donors (Lipinski definition) is 1. The predicted octanol–water partition coefficient (Wildman–Crippen LogP) is 2.30. The molecule has 0 amide bonds. The number of rotatable bonds is 7. The zero-order valence-electron chi connectivity index (χ0n) is 13.4. The van der Waals surface area contributed by atoms with Gasteiger partial charge in [-0.25, -0.2) is 0 Å². The Bertz CT molecular complexity index is 467. The van der Waals surface area contributed by atoms with Gasteiger partial charge in [-0.2, -0.15) is 0 Å². The summed E-state index contributed by atoms with van der Waals surface area (Å²) in [4.78, 5) is 2.41. The van der Waals surface area contributed by atoms with Crippen LogP contribution in [0.5, 0.6) is 5.75 Å². The van der Waals surface area contributed by atoms with Crippen LogP contribution >= 0.6 is 0 Å². The van der Waals surface area contributed by atoms with Gasteiger partial charge in [-0.1, -0.05) is 18.6 Å². The Labute approximate surface area is 133 Å². The zero-order valence-corrected chi connectivity index (χ0v) is 13.4. The number of aliphatic hydroxyl groups is 1. The summed E-state index contributed by atoms with van der Waals surface area (Å²) in [5, 5.41) is 10.2. The number of ether oxygens (including phenoxy) is 2. The van der Waals surface area contributed by atoms with Gasteiger partial charge in [0.05, 0.1) is 26.4 Å². The third-order valence-corrected chi connectivity index (χ3v) is 4.98. The lowest BCUT2D eigenvalue weighted by molar-refractivity contribution is 0.0123. The number of aliphatic hydroxyl groups excluding tert-OH is 1. The molecule has 4 heteroatoms. The average Bonchev–Trinajstić information content (AvgIpc) is 3.08. The molecule has 0 aromatic heterocycles. The maximum atomic E-state index is 10.2. The number of benzene rings is 1. The first-order valence-corrected chi connectivity index (χ1v) is 8.35. The van der Waals surface area contributed by atoms with Crippen molar-refractivity contribution in [2.75, 3.05) is 33.4 Å². The van der Waals surface area contributed by atoms with Crippen LogP contribution in [-0.4, -0.2) is 49.5 Å². The Hall–Kier alpha value is -1.10. The van der Waals surface area contributed by atoms with Crippen molar-refractivity contribution in [1.82, 2.24) is 4.90 Å². The minimum Gasteiger partial charge on any atom is -0.497 e. The van der Waals surface area contributed by atoms with Gasteiger partial charge in [-0.15, -0.1) is 0 Å². The fourth-order valence-corrected chi connectivity index (χ4v) is 3.91. The van der Waals surface area contributed by atoms with Crippen LogP contribution in [0, 0.1) is 11.8 Å². The second-order valence-electron chi connectivity index (χ2n) is 6.69. The van der Waals surface area contributed by atoms with Crippen LogP contribution in [0.1, 0.15) is 24.8 Å². The number of fused-ring (bicyclic) bond motifs is 1. The molecule has 2 fully saturated rings. The Balaban J connectivity index is 1.36. The highest BCUT2D eigenvalue weighted by Crippen LogP contribution is 2.37. The monoisotopic (exact) mass is 305 g/mol. The fraction of sp³-hybridized carbons (Fsp3) is 0.667. The molecule has 3 unspecified atom stereocenters. The largest absolute Gasteiger partial charge is 0.497 e. The molecular formula is C18H27NO3. The summed E-state index contributed by atoms with van der Waals surface area (Å²) in [6.07, 6.45) is 3.76. The Kier molecular flexibility index (Phi) is 5.34. The highest BCUT2D eigenvalue weighted by atomic mass is 16.5.